The second-order valence-corrected chi connectivity index (χ2v) is 6.05. The SMILES string of the molecule is CCc1nn(C)cc1C(CN)N1CCCC(CC)CC1. The first-order chi connectivity index (χ1) is 9.69. The molecular weight excluding hydrogens is 248 g/mol. The molecule has 114 valence electrons. The molecule has 2 atom stereocenters. The summed E-state index contributed by atoms with van der Waals surface area (Å²) in [5, 5.41) is 4.58. The number of aromatic nitrogens is 2. The van der Waals surface area contributed by atoms with Crippen LogP contribution in [0.1, 0.15) is 56.8 Å². The number of rotatable bonds is 5. The standard InChI is InChI=1S/C16H30N4/c1-4-13-7-6-9-20(10-8-13)16(11-17)14-12-19(3)18-15(14)5-2/h12-13,16H,4-11,17H2,1-3H3. The summed E-state index contributed by atoms with van der Waals surface area (Å²) in [5.41, 5.74) is 8.66. The number of likely N-dealkylation sites (tertiary alicyclic amines) is 1. The molecule has 1 saturated heterocycles. The van der Waals surface area contributed by atoms with Gasteiger partial charge in [-0.25, -0.2) is 0 Å². The molecule has 0 spiro atoms. The van der Waals surface area contributed by atoms with E-state index in [0.717, 1.165) is 12.3 Å². The van der Waals surface area contributed by atoms with Gasteiger partial charge in [-0.3, -0.25) is 9.58 Å². The highest BCUT2D eigenvalue weighted by molar-refractivity contribution is 5.22. The first-order valence-electron chi connectivity index (χ1n) is 8.16. The third-order valence-corrected chi connectivity index (χ3v) is 4.76. The van der Waals surface area contributed by atoms with Gasteiger partial charge in [-0.1, -0.05) is 20.3 Å². The van der Waals surface area contributed by atoms with Crippen LogP contribution in [-0.2, 0) is 13.5 Å². The van der Waals surface area contributed by atoms with Gasteiger partial charge in [0.05, 0.1) is 11.7 Å². The lowest BCUT2D eigenvalue weighted by molar-refractivity contribution is 0.206. The Labute approximate surface area is 123 Å². The molecule has 2 rings (SSSR count). The maximum atomic E-state index is 6.11. The van der Waals surface area contributed by atoms with E-state index in [1.54, 1.807) is 0 Å². The van der Waals surface area contributed by atoms with Crippen LogP contribution in [0.25, 0.3) is 0 Å². The second kappa shape index (κ2) is 7.23. The largest absolute Gasteiger partial charge is 0.329 e. The minimum Gasteiger partial charge on any atom is -0.329 e. The van der Waals surface area contributed by atoms with Gasteiger partial charge < -0.3 is 5.73 Å². The molecule has 1 aromatic heterocycles. The van der Waals surface area contributed by atoms with Gasteiger partial charge in [0.2, 0.25) is 0 Å². The van der Waals surface area contributed by atoms with Crippen molar-refractivity contribution in [3.63, 3.8) is 0 Å². The van der Waals surface area contributed by atoms with Crippen molar-refractivity contribution in [1.29, 1.82) is 0 Å². The van der Waals surface area contributed by atoms with Gasteiger partial charge in [0.1, 0.15) is 0 Å². The lowest BCUT2D eigenvalue weighted by Crippen LogP contribution is -2.35. The van der Waals surface area contributed by atoms with Crippen LogP contribution in [0.2, 0.25) is 0 Å². The molecule has 0 amide bonds. The van der Waals surface area contributed by atoms with Crippen LogP contribution in [-0.4, -0.2) is 34.3 Å². The Morgan fingerprint density at radius 2 is 2.15 bits per heavy atom. The van der Waals surface area contributed by atoms with Crippen molar-refractivity contribution in [1.82, 2.24) is 14.7 Å². The number of nitrogens with zero attached hydrogens (tertiary/aromatic N) is 3. The fraction of sp³-hybridized carbons (Fsp3) is 0.812. The summed E-state index contributed by atoms with van der Waals surface area (Å²) < 4.78 is 1.93. The normalized spacial score (nSPS) is 22.7. The number of hydrogen-bond donors (Lipinski definition) is 1. The summed E-state index contributed by atoms with van der Waals surface area (Å²) >= 11 is 0. The molecule has 0 radical (unpaired) electrons. The predicted octanol–water partition coefficient (Wildman–Crippen LogP) is 2.49. The summed E-state index contributed by atoms with van der Waals surface area (Å²) in [4.78, 5) is 2.59. The molecule has 4 nitrogen and oxygen atoms in total. The molecule has 2 heterocycles. The molecule has 2 unspecified atom stereocenters. The van der Waals surface area contributed by atoms with E-state index < -0.39 is 0 Å². The molecule has 20 heavy (non-hydrogen) atoms. The number of hydrogen-bond acceptors (Lipinski definition) is 3. The van der Waals surface area contributed by atoms with Crippen molar-refractivity contribution in [3.05, 3.63) is 17.5 Å². The molecule has 0 aliphatic carbocycles. The Hall–Kier alpha value is -0.870. The number of nitrogens with two attached hydrogens (primary N) is 1. The highest BCUT2D eigenvalue weighted by atomic mass is 15.3. The van der Waals surface area contributed by atoms with Crippen molar-refractivity contribution in [3.8, 4) is 0 Å². The third-order valence-electron chi connectivity index (χ3n) is 4.76. The monoisotopic (exact) mass is 278 g/mol. The molecule has 0 aromatic carbocycles. The van der Waals surface area contributed by atoms with Crippen LogP contribution < -0.4 is 5.73 Å². The molecule has 1 aliphatic rings. The van der Waals surface area contributed by atoms with Gasteiger partial charge in [-0.05, 0) is 44.7 Å². The van der Waals surface area contributed by atoms with Crippen LogP contribution in [0, 0.1) is 5.92 Å². The van der Waals surface area contributed by atoms with Crippen molar-refractivity contribution in [2.45, 2.75) is 52.0 Å². The van der Waals surface area contributed by atoms with E-state index in [2.05, 4.69) is 30.0 Å². The van der Waals surface area contributed by atoms with Gasteiger partial charge in [0, 0.05) is 25.4 Å². The Morgan fingerprint density at radius 1 is 1.35 bits per heavy atom. The fourth-order valence-corrected chi connectivity index (χ4v) is 3.49. The smallest absolute Gasteiger partial charge is 0.0670 e. The van der Waals surface area contributed by atoms with Gasteiger partial charge in [-0.2, -0.15) is 5.10 Å². The summed E-state index contributed by atoms with van der Waals surface area (Å²) in [5.74, 6) is 0.901. The van der Waals surface area contributed by atoms with E-state index in [0.29, 0.717) is 12.6 Å². The van der Waals surface area contributed by atoms with Crippen LogP contribution in [0.15, 0.2) is 6.20 Å². The summed E-state index contributed by atoms with van der Waals surface area (Å²) in [6.45, 7) is 7.54. The molecule has 0 saturated carbocycles. The first kappa shape index (κ1) is 15.5. The van der Waals surface area contributed by atoms with E-state index in [1.807, 2.05) is 11.7 Å². The van der Waals surface area contributed by atoms with Crippen LogP contribution >= 0.6 is 0 Å². The summed E-state index contributed by atoms with van der Waals surface area (Å²) in [6.07, 6.45) is 8.45. The van der Waals surface area contributed by atoms with Crippen LogP contribution in [0.5, 0.6) is 0 Å². The van der Waals surface area contributed by atoms with Crippen LogP contribution in [0.4, 0.5) is 0 Å². The van der Waals surface area contributed by atoms with E-state index in [4.69, 9.17) is 5.73 Å². The average Bonchev–Trinajstić information content (AvgIpc) is 2.68. The van der Waals surface area contributed by atoms with Gasteiger partial charge in [0.15, 0.2) is 0 Å². The van der Waals surface area contributed by atoms with Crippen molar-refractivity contribution in [2.75, 3.05) is 19.6 Å². The number of aryl methyl sites for hydroxylation is 2. The zero-order chi connectivity index (χ0) is 14.5. The third kappa shape index (κ3) is 3.41. The highest BCUT2D eigenvalue weighted by Crippen LogP contribution is 2.28. The minimum absolute atomic E-state index is 0.342. The van der Waals surface area contributed by atoms with E-state index >= 15 is 0 Å². The lowest BCUT2D eigenvalue weighted by atomic mass is 9.98. The molecule has 1 aliphatic heterocycles. The fourth-order valence-electron chi connectivity index (χ4n) is 3.49. The Morgan fingerprint density at radius 3 is 2.80 bits per heavy atom. The second-order valence-electron chi connectivity index (χ2n) is 6.05. The van der Waals surface area contributed by atoms with Gasteiger partial charge in [0.25, 0.3) is 0 Å². The molecule has 4 heteroatoms. The predicted molar refractivity (Wildman–Crippen MR) is 83.6 cm³/mol. The van der Waals surface area contributed by atoms with E-state index in [-0.39, 0.29) is 0 Å². The van der Waals surface area contributed by atoms with E-state index in [9.17, 15) is 0 Å². The zero-order valence-corrected chi connectivity index (χ0v) is 13.3. The first-order valence-corrected chi connectivity index (χ1v) is 8.16. The quantitative estimate of drug-likeness (QED) is 0.900. The van der Waals surface area contributed by atoms with Gasteiger partial charge in [-0.15, -0.1) is 0 Å². The Kier molecular flexibility index (Phi) is 5.61. The Balaban J connectivity index is 2.14. The Bertz CT molecular complexity index is 413. The van der Waals surface area contributed by atoms with Crippen LogP contribution in [0.3, 0.4) is 0 Å². The molecule has 2 N–H and O–H groups in total. The molecule has 0 bridgehead atoms. The van der Waals surface area contributed by atoms with Crippen molar-refractivity contribution < 1.29 is 0 Å². The lowest BCUT2D eigenvalue weighted by Gasteiger charge is -2.29. The topological polar surface area (TPSA) is 47.1 Å². The molecular formula is C16H30N4. The average molecular weight is 278 g/mol. The van der Waals surface area contributed by atoms with Crippen molar-refractivity contribution >= 4 is 0 Å². The maximum Gasteiger partial charge on any atom is 0.0670 e. The maximum absolute atomic E-state index is 6.11. The highest BCUT2D eigenvalue weighted by Gasteiger charge is 2.25. The van der Waals surface area contributed by atoms with E-state index in [1.165, 1.54) is 50.0 Å². The van der Waals surface area contributed by atoms with Crippen molar-refractivity contribution in [2.24, 2.45) is 18.7 Å². The summed E-state index contributed by atoms with van der Waals surface area (Å²) in [7, 11) is 2.01. The summed E-state index contributed by atoms with van der Waals surface area (Å²) in [6, 6.07) is 0.342. The minimum atomic E-state index is 0.342. The molecule has 1 fully saturated rings. The zero-order valence-electron chi connectivity index (χ0n) is 13.3. The van der Waals surface area contributed by atoms with Gasteiger partial charge >= 0.3 is 0 Å². The molecule has 1 aromatic rings.